The zero-order valence-corrected chi connectivity index (χ0v) is 9.79. The molecular weight excluding hydrogens is 172 g/mol. The highest BCUT2D eigenvalue weighted by Crippen LogP contribution is 2.43. The highest BCUT2D eigenvalue weighted by atomic mass is 16.5. The van der Waals surface area contributed by atoms with Crippen LogP contribution in [-0.4, -0.2) is 5.60 Å². The van der Waals surface area contributed by atoms with Gasteiger partial charge in [-0.25, -0.2) is 0 Å². The van der Waals surface area contributed by atoms with Crippen molar-refractivity contribution in [3.05, 3.63) is 29.8 Å². The number of rotatable bonds is 0. The maximum absolute atomic E-state index is 5.81. The van der Waals surface area contributed by atoms with E-state index in [2.05, 4.69) is 32.9 Å². The Morgan fingerprint density at radius 2 is 1.71 bits per heavy atom. The van der Waals surface area contributed by atoms with Crippen LogP contribution in [0.1, 0.15) is 46.1 Å². The number of ether oxygens (including phenoxy) is 1. The predicted molar refractivity (Wildman–Crippen MR) is 60.9 cm³/mol. The van der Waals surface area contributed by atoms with Gasteiger partial charge in [0.2, 0.25) is 0 Å². The fourth-order valence-corrected chi connectivity index (χ4v) is 1.68. The lowest BCUT2D eigenvalue weighted by Crippen LogP contribution is -2.28. The molecule has 0 bridgehead atoms. The average Bonchev–Trinajstić information content (AvgIpc) is 2.42. The van der Waals surface area contributed by atoms with Crippen LogP contribution in [0.2, 0.25) is 0 Å². The highest BCUT2D eigenvalue weighted by Gasteiger charge is 2.37. The van der Waals surface area contributed by atoms with Gasteiger partial charge in [0.15, 0.2) is 0 Å². The van der Waals surface area contributed by atoms with Gasteiger partial charge in [-0.1, -0.05) is 39.0 Å². The number of benzene rings is 1. The van der Waals surface area contributed by atoms with E-state index in [0.717, 1.165) is 5.75 Å². The normalized spacial score (nSPS) is 21.6. The van der Waals surface area contributed by atoms with Gasteiger partial charge in [0.05, 0.1) is 0 Å². The molecular formula is C13H20O. The summed E-state index contributed by atoms with van der Waals surface area (Å²) in [5.41, 5.74) is 1.30. The standard InChI is InChI=1S/C11H14O.C2H6/c1-8-9-6-4-5-7-10(9)12-11(8,2)3;1-2/h4-8H,1-3H3;1-2H3. The molecule has 1 unspecified atom stereocenters. The molecule has 0 spiro atoms. The monoisotopic (exact) mass is 192 g/mol. The van der Waals surface area contributed by atoms with E-state index in [4.69, 9.17) is 4.74 Å². The molecule has 0 aliphatic carbocycles. The fraction of sp³-hybridized carbons (Fsp3) is 0.538. The van der Waals surface area contributed by atoms with E-state index in [0.29, 0.717) is 5.92 Å². The van der Waals surface area contributed by atoms with E-state index in [-0.39, 0.29) is 5.60 Å². The quantitative estimate of drug-likeness (QED) is 0.604. The van der Waals surface area contributed by atoms with Gasteiger partial charge in [-0.15, -0.1) is 0 Å². The van der Waals surface area contributed by atoms with Gasteiger partial charge >= 0.3 is 0 Å². The molecule has 0 amide bonds. The second-order valence-electron chi connectivity index (χ2n) is 3.97. The predicted octanol–water partition coefficient (Wildman–Crippen LogP) is 3.99. The van der Waals surface area contributed by atoms with Crippen LogP contribution in [0.4, 0.5) is 0 Å². The summed E-state index contributed by atoms with van der Waals surface area (Å²) in [6.07, 6.45) is 0. The van der Waals surface area contributed by atoms with E-state index in [1.54, 1.807) is 0 Å². The first-order chi connectivity index (χ1) is 6.61. The molecule has 1 aromatic rings. The van der Waals surface area contributed by atoms with Crippen molar-refractivity contribution >= 4 is 0 Å². The van der Waals surface area contributed by atoms with Crippen molar-refractivity contribution in [1.82, 2.24) is 0 Å². The number of hydrogen-bond donors (Lipinski definition) is 0. The zero-order chi connectivity index (χ0) is 10.8. The molecule has 1 aliphatic heterocycles. The topological polar surface area (TPSA) is 9.23 Å². The van der Waals surface area contributed by atoms with Crippen molar-refractivity contribution < 1.29 is 4.74 Å². The molecule has 0 aromatic heterocycles. The molecule has 14 heavy (non-hydrogen) atoms. The van der Waals surface area contributed by atoms with Gasteiger partial charge in [0, 0.05) is 11.5 Å². The van der Waals surface area contributed by atoms with Crippen LogP contribution >= 0.6 is 0 Å². The summed E-state index contributed by atoms with van der Waals surface area (Å²) in [4.78, 5) is 0. The number of fused-ring (bicyclic) bond motifs is 1. The van der Waals surface area contributed by atoms with E-state index < -0.39 is 0 Å². The molecule has 1 atom stereocenters. The molecule has 0 fully saturated rings. The van der Waals surface area contributed by atoms with Crippen LogP contribution in [0.3, 0.4) is 0 Å². The van der Waals surface area contributed by atoms with Crippen LogP contribution in [0.25, 0.3) is 0 Å². The van der Waals surface area contributed by atoms with Crippen molar-refractivity contribution in [2.24, 2.45) is 0 Å². The smallest absolute Gasteiger partial charge is 0.123 e. The van der Waals surface area contributed by atoms with Crippen molar-refractivity contribution in [1.29, 1.82) is 0 Å². The molecule has 1 aliphatic rings. The van der Waals surface area contributed by atoms with E-state index in [1.807, 2.05) is 26.0 Å². The second kappa shape index (κ2) is 4.04. The molecule has 0 saturated carbocycles. The van der Waals surface area contributed by atoms with Crippen molar-refractivity contribution in [3.8, 4) is 5.75 Å². The molecule has 0 radical (unpaired) electrons. The maximum Gasteiger partial charge on any atom is 0.123 e. The van der Waals surface area contributed by atoms with Crippen LogP contribution in [-0.2, 0) is 0 Å². The third-order valence-corrected chi connectivity index (χ3v) is 2.80. The zero-order valence-electron chi connectivity index (χ0n) is 9.79. The Morgan fingerprint density at radius 3 is 2.29 bits per heavy atom. The van der Waals surface area contributed by atoms with Crippen LogP contribution < -0.4 is 4.74 Å². The molecule has 1 heterocycles. The average molecular weight is 192 g/mol. The minimum Gasteiger partial charge on any atom is -0.487 e. The van der Waals surface area contributed by atoms with Gasteiger partial charge in [0.1, 0.15) is 11.4 Å². The first kappa shape index (κ1) is 11.1. The number of para-hydroxylation sites is 1. The lowest BCUT2D eigenvalue weighted by atomic mass is 9.89. The summed E-state index contributed by atoms with van der Waals surface area (Å²) in [5, 5.41) is 0. The SMILES string of the molecule is CC.CC1c2ccccc2OC1(C)C. The Balaban J connectivity index is 0.000000461. The lowest BCUT2D eigenvalue weighted by molar-refractivity contribution is 0.116. The Labute approximate surface area is 87.1 Å². The van der Waals surface area contributed by atoms with Crippen molar-refractivity contribution in [2.45, 2.75) is 46.1 Å². The minimum absolute atomic E-state index is 0.0380. The van der Waals surface area contributed by atoms with Crippen LogP contribution in [0.15, 0.2) is 24.3 Å². The van der Waals surface area contributed by atoms with E-state index in [1.165, 1.54) is 5.56 Å². The summed E-state index contributed by atoms with van der Waals surface area (Å²) in [6, 6.07) is 8.28. The molecule has 1 aromatic carbocycles. The molecule has 2 rings (SSSR count). The van der Waals surface area contributed by atoms with Crippen molar-refractivity contribution in [3.63, 3.8) is 0 Å². The largest absolute Gasteiger partial charge is 0.487 e. The summed E-state index contributed by atoms with van der Waals surface area (Å²) >= 11 is 0. The third kappa shape index (κ3) is 1.77. The maximum atomic E-state index is 5.81. The van der Waals surface area contributed by atoms with Gasteiger partial charge < -0.3 is 4.74 Å². The first-order valence-corrected chi connectivity index (χ1v) is 5.39. The summed E-state index contributed by atoms with van der Waals surface area (Å²) in [7, 11) is 0. The fourth-order valence-electron chi connectivity index (χ4n) is 1.68. The Morgan fingerprint density at radius 1 is 1.14 bits per heavy atom. The Bertz CT molecular complexity index is 302. The van der Waals surface area contributed by atoms with Gasteiger partial charge in [-0.05, 0) is 19.9 Å². The van der Waals surface area contributed by atoms with E-state index >= 15 is 0 Å². The van der Waals surface area contributed by atoms with E-state index in [9.17, 15) is 0 Å². The van der Waals surface area contributed by atoms with Crippen molar-refractivity contribution in [2.75, 3.05) is 0 Å². The molecule has 78 valence electrons. The van der Waals surface area contributed by atoms with Crippen LogP contribution in [0.5, 0.6) is 5.75 Å². The van der Waals surface area contributed by atoms with Gasteiger partial charge in [-0.3, -0.25) is 0 Å². The van der Waals surface area contributed by atoms with Crippen LogP contribution in [0, 0.1) is 0 Å². The number of hydrogen-bond acceptors (Lipinski definition) is 1. The summed E-state index contributed by atoms with van der Waals surface area (Å²) < 4.78 is 5.81. The third-order valence-electron chi connectivity index (χ3n) is 2.80. The van der Waals surface area contributed by atoms with Gasteiger partial charge in [-0.2, -0.15) is 0 Å². The Kier molecular flexibility index (Phi) is 3.20. The molecule has 0 saturated heterocycles. The first-order valence-electron chi connectivity index (χ1n) is 5.39. The molecule has 1 nitrogen and oxygen atoms in total. The summed E-state index contributed by atoms with van der Waals surface area (Å²) in [6.45, 7) is 10.5. The lowest BCUT2D eigenvalue weighted by Gasteiger charge is -2.22. The Hall–Kier alpha value is -0.980. The van der Waals surface area contributed by atoms with Gasteiger partial charge in [0.25, 0.3) is 0 Å². The second-order valence-corrected chi connectivity index (χ2v) is 3.97. The minimum atomic E-state index is -0.0380. The summed E-state index contributed by atoms with van der Waals surface area (Å²) in [5.74, 6) is 1.55. The molecule has 0 N–H and O–H groups in total. The highest BCUT2D eigenvalue weighted by molar-refractivity contribution is 5.41. The molecule has 1 heteroatoms.